The van der Waals surface area contributed by atoms with Crippen molar-refractivity contribution in [1.29, 1.82) is 0 Å². The van der Waals surface area contributed by atoms with Crippen LogP contribution in [-0.2, 0) is 6.54 Å². The van der Waals surface area contributed by atoms with E-state index in [-0.39, 0.29) is 5.91 Å². The number of hydrogen-bond donors (Lipinski definition) is 1. The second-order valence-electron chi connectivity index (χ2n) is 6.33. The Morgan fingerprint density at radius 1 is 1.00 bits per heavy atom. The zero-order chi connectivity index (χ0) is 16.7. The van der Waals surface area contributed by atoms with Crippen molar-refractivity contribution in [2.75, 3.05) is 18.6 Å². The monoisotopic (exact) mass is 337 g/mol. The number of anilines is 1. The molecule has 120 valence electrons. The number of hydrogen-bond acceptors (Lipinski definition) is 1. The number of carbonyl (C=O) groups excluding carboxylic acids is 1. The zero-order valence-electron chi connectivity index (χ0n) is 13.4. The van der Waals surface area contributed by atoms with Gasteiger partial charge in [0.1, 0.15) is 6.54 Å². The molecule has 0 saturated carbocycles. The molecule has 0 saturated heterocycles. The van der Waals surface area contributed by atoms with Crippen molar-refractivity contribution in [2.45, 2.75) is 6.54 Å². The fourth-order valence-electron chi connectivity index (χ4n) is 3.41. The van der Waals surface area contributed by atoms with Crippen molar-refractivity contribution < 1.29 is 9.69 Å². The molecular formula is C20H18ClN2O+. The summed E-state index contributed by atoms with van der Waals surface area (Å²) >= 11 is 5.94. The molecule has 1 aliphatic heterocycles. The van der Waals surface area contributed by atoms with Gasteiger partial charge in [-0.1, -0.05) is 48.0 Å². The molecule has 0 radical (unpaired) electrons. The molecule has 3 aromatic rings. The Balaban J connectivity index is 1.58. The molecule has 1 heterocycles. The van der Waals surface area contributed by atoms with Crippen LogP contribution in [0, 0.1) is 0 Å². The van der Waals surface area contributed by atoms with E-state index < -0.39 is 0 Å². The molecule has 0 bridgehead atoms. The van der Waals surface area contributed by atoms with Crippen molar-refractivity contribution in [2.24, 2.45) is 0 Å². The highest BCUT2D eigenvalue weighted by Crippen LogP contribution is 2.36. The summed E-state index contributed by atoms with van der Waals surface area (Å²) in [4.78, 5) is 15.9. The smallest absolute Gasteiger partial charge is 0.263 e. The lowest BCUT2D eigenvalue weighted by Gasteiger charge is -2.22. The molecule has 0 spiro atoms. The van der Waals surface area contributed by atoms with Gasteiger partial charge in [-0.05, 0) is 29.7 Å². The first-order valence-electron chi connectivity index (χ1n) is 8.03. The molecule has 1 aliphatic rings. The van der Waals surface area contributed by atoms with Crippen molar-refractivity contribution in [1.82, 2.24) is 0 Å². The first-order valence-corrected chi connectivity index (χ1v) is 8.40. The van der Waals surface area contributed by atoms with E-state index in [0.29, 0.717) is 6.67 Å². The van der Waals surface area contributed by atoms with Crippen molar-refractivity contribution in [3.63, 3.8) is 0 Å². The lowest BCUT2D eigenvalue weighted by atomic mass is 10.1. The predicted molar refractivity (Wildman–Crippen MR) is 97.7 cm³/mol. The lowest BCUT2D eigenvalue weighted by Crippen LogP contribution is -3.09. The number of carbonyl (C=O) groups is 1. The summed E-state index contributed by atoms with van der Waals surface area (Å²) in [6, 6.07) is 19.9. The van der Waals surface area contributed by atoms with Gasteiger partial charge in [-0.25, -0.2) is 0 Å². The number of nitrogens with one attached hydrogen (secondary N) is 1. The number of nitrogens with zero attached hydrogens (tertiary/aromatic N) is 1. The molecule has 24 heavy (non-hydrogen) atoms. The molecule has 1 N–H and O–H groups in total. The number of quaternary nitrogens is 1. The van der Waals surface area contributed by atoms with E-state index in [4.69, 9.17) is 11.6 Å². The Hall–Kier alpha value is -2.36. The largest absolute Gasteiger partial charge is 0.316 e. The molecule has 3 nitrogen and oxygen atoms in total. The third-order valence-corrected chi connectivity index (χ3v) is 4.75. The summed E-state index contributed by atoms with van der Waals surface area (Å²) in [6.07, 6.45) is 0. The van der Waals surface area contributed by atoms with Crippen LogP contribution in [0.25, 0.3) is 10.8 Å². The standard InChI is InChI=1S/C20H17ClN2O/c1-22(12-14-8-10-16(21)11-9-14)13-23-18-7-3-5-15-4-2-6-17(19(15)18)20(23)24/h2-11H,12-13H2,1H3/p+1. The van der Waals surface area contributed by atoms with E-state index in [9.17, 15) is 4.79 Å². The van der Waals surface area contributed by atoms with Crippen LogP contribution in [0.3, 0.4) is 0 Å². The third-order valence-electron chi connectivity index (χ3n) is 4.50. The second kappa shape index (κ2) is 5.93. The van der Waals surface area contributed by atoms with Crippen LogP contribution in [-0.4, -0.2) is 19.6 Å². The van der Waals surface area contributed by atoms with Gasteiger partial charge in [0.2, 0.25) is 0 Å². The summed E-state index contributed by atoms with van der Waals surface area (Å²) in [7, 11) is 2.10. The fourth-order valence-corrected chi connectivity index (χ4v) is 3.54. The minimum absolute atomic E-state index is 0.0947. The van der Waals surface area contributed by atoms with E-state index in [0.717, 1.165) is 33.6 Å². The van der Waals surface area contributed by atoms with Crippen molar-refractivity contribution >= 4 is 34.0 Å². The Labute approximate surface area is 146 Å². The summed E-state index contributed by atoms with van der Waals surface area (Å²) < 4.78 is 0. The fraction of sp³-hybridized carbons (Fsp3) is 0.150. The second-order valence-corrected chi connectivity index (χ2v) is 6.77. The van der Waals surface area contributed by atoms with Crippen LogP contribution in [0.1, 0.15) is 15.9 Å². The highest BCUT2D eigenvalue weighted by Gasteiger charge is 2.31. The summed E-state index contributed by atoms with van der Waals surface area (Å²) in [6.45, 7) is 1.47. The van der Waals surface area contributed by atoms with Gasteiger partial charge in [0.15, 0.2) is 6.67 Å². The molecule has 0 aliphatic carbocycles. The maximum Gasteiger partial charge on any atom is 0.263 e. The van der Waals surface area contributed by atoms with Gasteiger partial charge in [-0.3, -0.25) is 9.69 Å². The first-order chi connectivity index (χ1) is 11.6. The Morgan fingerprint density at radius 3 is 2.46 bits per heavy atom. The SMILES string of the molecule is C[NH+](Cc1ccc(Cl)cc1)CN1C(=O)c2cccc3cccc1c23. The van der Waals surface area contributed by atoms with Crippen LogP contribution in [0.5, 0.6) is 0 Å². The van der Waals surface area contributed by atoms with E-state index in [1.807, 2.05) is 53.4 Å². The van der Waals surface area contributed by atoms with Gasteiger partial charge in [0.05, 0.1) is 18.3 Å². The Bertz CT molecular complexity index is 915. The lowest BCUT2D eigenvalue weighted by molar-refractivity contribution is -0.892. The minimum Gasteiger partial charge on any atom is -0.316 e. The number of rotatable bonds is 4. The summed E-state index contributed by atoms with van der Waals surface area (Å²) in [5.74, 6) is 0.0947. The van der Waals surface area contributed by atoms with Crippen LogP contribution in [0.4, 0.5) is 5.69 Å². The van der Waals surface area contributed by atoms with E-state index in [2.05, 4.69) is 19.2 Å². The van der Waals surface area contributed by atoms with Crippen molar-refractivity contribution in [3.05, 3.63) is 76.8 Å². The molecule has 1 unspecified atom stereocenters. The quantitative estimate of drug-likeness (QED) is 0.777. The molecule has 1 atom stereocenters. The normalized spacial score (nSPS) is 14.4. The molecule has 4 heteroatoms. The van der Waals surface area contributed by atoms with Gasteiger partial charge in [-0.15, -0.1) is 0 Å². The first kappa shape index (κ1) is 15.2. The topological polar surface area (TPSA) is 24.8 Å². The average Bonchev–Trinajstić information content (AvgIpc) is 2.85. The summed E-state index contributed by atoms with van der Waals surface area (Å²) in [5, 5.41) is 2.94. The molecule has 3 aromatic carbocycles. The Kier molecular flexibility index (Phi) is 3.75. The van der Waals surface area contributed by atoms with Gasteiger partial charge in [-0.2, -0.15) is 0 Å². The van der Waals surface area contributed by atoms with E-state index in [1.54, 1.807) is 0 Å². The molecular weight excluding hydrogens is 320 g/mol. The van der Waals surface area contributed by atoms with E-state index >= 15 is 0 Å². The average molecular weight is 338 g/mol. The maximum absolute atomic E-state index is 12.8. The van der Waals surface area contributed by atoms with Gasteiger partial charge in [0, 0.05) is 16.0 Å². The van der Waals surface area contributed by atoms with Crippen LogP contribution in [0.2, 0.25) is 5.02 Å². The van der Waals surface area contributed by atoms with Crippen LogP contribution >= 0.6 is 11.6 Å². The predicted octanol–water partition coefficient (Wildman–Crippen LogP) is 3.13. The number of amides is 1. The molecule has 0 aromatic heterocycles. The minimum atomic E-state index is 0.0947. The van der Waals surface area contributed by atoms with Crippen LogP contribution in [0.15, 0.2) is 60.7 Å². The highest BCUT2D eigenvalue weighted by molar-refractivity contribution is 6.30. The summed E-state index contributed by atoms with van der Waals surface area (Å²) in [5.41, 5.74) is 3.03. The molecule has 0 fully saturated rings. The van der Waals surface area contributed by atoms with Gasteiger partial charge >= 0.3 is 0 Å². The Morgan fingerprint density at radius 2 is 1.71 bits per heavy atom. The molecule has 1 amide bonds. The molecule has 4 rings (SSSR count). The van der Waals surface area contributed by atoms with Crippen LogP contribution < -0.4 is 9.80 Å². The third kappa shape index (κ3) is 2.56. The zero-order valence-corrected chi connectivity index (χ0v) is 14.2. The number of benzene rings is 3. The van der Waals surface area contributed by atoms with E-state index in [1.165, 1.54) is 10.5 Å². The van der Waals surface area contributed by atoms with Gasteiger partial charge in [0.25, 0.3) is 5.91 Å². The van der Waals surface area contributed by atoms with Gasteiger partial charge < -0.3 is 4.90 Å². The van der Waals surface area contributed by atoms with Crippen molar-refractivity contribution in [3.8, 4) is 0 Å². The number of halogens is 1. The maximum atomic E-state index is 12.8. The highest BCUT2D eigenvalue weighted by atomic mass is 35.5.